The van der Waals surface area contributed by atoms with E-state index in [2.05, 4.69) is 27.0 Å². The van der Waals surface area contributed by atoms with Crippen LogP contribution in [0.5, 0.6) is 0 Å². The zero-order chi connectivity index (χ0) is 19.5. The van der Waals surface area contributed by atoms with Gasteiger partial charge in [0.2, 0.25) is 5.78 Å². The van der Waals surface area contributed by atoms with E-state index in [0.29, 0.717) is 17.2 Å². The Labute approximate surface area is 170 Å². The molecule has 0 spiro atoms. The maximum atomic E-state index is 12.9. The molecule has 28 heavy (non-hydrogen) atoms. The molecule has 0 saturated carbocycles. The van der Waals surface area contributed by atoms with Gasteiger partial charge in [-0.25, -0.2) is 4.98 Å². The quantitative estimate of drug-likeness (QED) is 0.583. The fraction of sp³-hybridized carbons (Fsp3) is 0.261. The van der Waals surface area contributed by atoms with Crippen LogP contribution in [0, 0.1) is 6.92 Å². The van der Waals surface area contributed by atoms with E-state index in [-0.39, 0.29) is 5.78 Å². The zero-order valence-corrected chi connectivity index (χ0v) is 16.6. The summed E-state index contributed by atoms with van der Waals surface area (Å²) in [6, 6.07) is 17.4. The molecule has 1 atom stereocenters. The first-order valence-electron chi connectivity index (χ1n) is 9.55. The lowest BCUT2D eigenvalue weighted by Crippen LogP contribution is -2.35. The summed E-state index contributed by atoms with van der Waals surface area (Å²) in [6.07, 6.45) is 3.93. The van der Waals surface area contributed by atoms with Crippen molar-refractivity contribution in [2.75, 3.05) is 18.0 Å². The number of hydrogen-bond acceptors (Lipinski definition) is 4. The molecule has 0 bridgehead atoms. The van der Waals surface area contributed by atoms with Crippen LogP contribution < -0.4 is 4.90 Å². The zero-order valence-electron chi connectivity index (χ0n) is 15.8. The van der Waals surface area contributed by atoms with E-state index in [1.54, 1.807) is 24.4 Å². The van der Waals surface area contributed by atoms with E-state index < -0.39 is 0 Å². The molecule has 4 nitrogen and oxygen atoms in total. The predicted molar refractivity (Wildman–Crippen MR) is 112 cm³/mol. The molecule has 1 aliphatic rings. The first-order valence-corrected chi connectivity index (χ1v) is 9.93. The molecule has 1 fully saturated rings. The fourth-order valence-corrected chi connectivity index (χ4v) is 3.91. The van der Waals surface area contributed by atoms with E-state index in [9.17, 15) is 4.79 Å². The molecule has 1 saturated heterocycles. The molecule has 3 heterocycles. The molecular weight excluding hydrogens is 370 g/mol. The van der Waals surface area contributed by atoms with Gasteiger partial charge in [-0.05, 0) is 61.7 Å². The molecule has 0 N–H and O–H groups in total. The standard InChI is InChI=1S/C23H22ClN3O/c1-16-20(6-3-13-25-16)23(28)21-7-2-8-22(26-21)27-14-4-5-18(15-27)17-9-11-19(24)12-10-17/h2-3,6-13,18H,4-5,14-15H2,1H3. The Hall–Kier alpha value is -2.72. The highest BCUT2D eigenvalue weighted by Gasteiger charge is 2.23. The number of carbonyl (C=O) groups is 1. The number of ketones is 1. The predicted octanol–water partition coefficient (Wildman–Crippen LogP) is 5.05. The highest BCUT2D eigenvalue weighted by atomic mass is 35.5. The summed E-state index contributed by atoms with van der Waals surface area (Å²) in [5, 5.41) is 0.759. The fourth-order valence-electron chi connectivity index (χ4n) is 3.78. The summed E-state index contributed by atoms with van der Waals surface area (Å²) in [5.41, 5.74) is 3.08. The Morgan fingerprint density at radius 3 is 2.71 bits per heavy atom. The lowest BCUT2D eigenvalue weighted by molar-refractivity contribution is 0.103. The number of anilines is 1. The van der Waals surface area contributed by atoms with E-state index in [1.165, 1.54) is 5.56 Å². The largest absolute Gasteiger partial charge is 0.356 e. The number of nitrogens with zero attached hydrogens (tertiary/aromatic N) is 3. The van der Waals surface area contributed by atoms with Crippen molar-refractivity contribution < 1.29 is 4.79 Å². The number of rotatable bonds is 4. The Morgan fingerprint density at radius 1 is 1.11 bits per heavy atom. The molecular formula is C23H22ClN3O. The number of piperidine rings is 1. The van der Waals surface area contributed by atoms with Gasteiger partial charge in [0.05, 0.1) is 0 Å². The first kappa shape index (κ1) is 18.6. The topological polar surface area (TPSA) is 46.1 Å². The normalized spacial score (nSPS) is 16.8. The molecule has 4 rings (SSSR count). The third kappa shape index (κ3) is 3.92. The van der Waals surface area contributed by atoms with Gasteiger partial charge >= 0.3 is 0 Å². The van der Waals surface area contributed by atoms with Crippen LogP contribution >= 0.6 is 11.6 Å². The third-order valence-corrected chi connectivity index (χ3v) is 5.56. The summed E-state index contributed by atoms with van der Waals surface area (Å²) in [5.74, 6) is 1.21. The van der Waals surface area contributed by atoms with Gasteiger partial charge in [0.25, 0.3) is 0 Å². The molecule has 0 aliphatic carbocycles. The van der Waals surface area contributed by atoms with Gasteiger partial charge in [-0.1, -0.05) is 29.8 Å². The van der Waals surface area contributed by atoms with Crippen LogP contribution in [-0.2, 0) is 0 Å². The minimum Gasteiger partial charge on any atom is -0.356 e. The van der Waals surface area contributed by atoms with Crippen LogP contribution in [0.3, 0.4) is 0 Å². The second kappa shape index (κ2) is 8.11. The molecule has 5 heteroatoms. The summed E-state index contributed by atoms with van der Waals surface area (Å²) in [6.45, 7) is 3.68. The van der Waals surface area contributed by atoms with Crippen LogP contribution in [-0.4, -0.2) is 28.8 Å². The summed E-state index contributed by atoms with van der Waals surface area (Å²) in [4.78, 5) is 24.1. The molecule has 1 aromatic carbocycles. The Bertz CT molecular complexity index is 987. The van der Waals surface area contributed by atoms with Crippen molar-refractivity contribution in [3.05, 3.63) is 88.3 Å². The van der Waals surface area contributed by atoms with Gasteiger partial charge in [0.15, 0.2) is 0 Å². The number of hydrogen-bond donors (Lipinski definition) is 0. The highest BCUT2D eigenvalue weighted by Crippen LogP contribution is 2.30. The van der Waals surface area contributed by atoms with Crippen molar-refractivity contribution >= 4 is 23.2 Å². The smallest absolute Gasteiger partial charge is 0.213 e. The van der Waals surface area contributed by atoms with Gasteiger partial charge in [-0.15, -0.1) is 0 Å². The van der Waals surface area contributed by atoms with Crippen molar-refractivity contribution in [1.82, 2.24) is 9.97 Å². The number of aromatic nitrogens is 2. The Morgan fingerprint density at radius 2 is 1.93 bits per heavy atom. The molecule has 2 aromatic heterocycles. The summed E-state index contributed by atoms with van der Waals surface area (Å²) < 4.78 is 0. The van der Waals surface area contributed by atoms with Crippen molar-refractivity contribution in [3.63, 3.8) is 0 Å². The van der Waals surface area contributed by atoms with Gasteiger partial charge in [0.1, 0.15) is 11.5 Å². The minimum absolute atomic E-state index is 0.0845. The van der Waals surface area contributed by atoms with E-state index in [1.807, 2.05) is 31.2 Å². The van der Waals surface area contributed by atoms with Crippen molar-refractivity contribution in [3.8, 4) is 0 Å². The van der Waals surface area contributed by atoms with Gasteiger partial charge in [-0.2, -0.15) is 0 Å². The molecule has 142 valence electrons. The van der Waals surface area contributed by atoms with Crippen molar-refractivity contribution in [2.45, 2.75) is 25.7 Å². The highest BCUT2D eigenvalue weighted by molar-refractivity contribution is 6.30. The average Bonchev–Trinajstić information content (AvgIpc) is 2.74. The van der Waals surface area contributed by atoms with E-state index in [0.717, 1.165) is 42.5 Å². The van der Waals surface area contributed by atoms with Crippen molar-refractivity contribution in [2.24, 2.45) is 0 Å². The van der Waals surface area contributed by atoms with E-state index >= 15 is 0 Å². The van der Waals surface area contributed by atoms with Crippen LogP contribution in [0.4, 0.5) is 5.82 Å². The number of carbonyl (C=O) groups excluding carboxylic acids is 1. The molecule has 1 unspecified atom stereocenters. The van der Waals surface area contributed by atoms with Crippen LogP contribution in [0.25, 0.3) is 0 Å². The number of benzene rings is 1. The maximum Gasteiger partial charge on any atom is 0.213 e. The second-order valence-electron chi connectivity index (χ2n) is 7.18. The lowest BCUT2D eigenvalue weighted by Gasteiger charge is -2.34. The monoisotopic (exact) mass is 391 g/mol. The molecule has 0 amide bonds. The van der Waals surface area contributed by atoms with Crippen LogP contribution in [0.2, 0.25) is 5.02 Å². The summed E-state index contributed by atoms with van der Waals surface area (Å²) in [7, 11) is 0. The van der Waals surface area contributed by atoms with Crippen LogP contribution in [0.1, 0.15) is 46.1 Å². The molecule has 1 aliphatic heterocycles. The van der Waals surface area contributed by atoms with Gasteiger partial charge in [-0.3, -0.25) is 9.78 Å². The Balaban J connectivity index is 1.56. The lowest BCUT2D eigenvalue weighted by atomic mass is 9.90. The van der Waals surface area contributed by atoms with Crippen molar-refractivity contribution in [1.29, 1.82) is 0 Å². The van der Waals surface area contributed by atoms with Gasteiger partial charge in [0, 0.05) is 41.5 Å². The van der Waals surface area contributed by atoms with Gasteiger partial charge < -0.3 is 4.90 Å². The average molecular weight is 392 g/mol. The maximum absolute atomic E-state index is 12.9. The second-order valence-corrected chi connectivity index (χ2v) is 7.62. The Kier molecular flexibility index (Phi) is 5.40. The first-order chi connectivity index (χ1) is 13.6. The van der Waals surface area contributed by atoms with E-state index in [4.69, 9.17) is 11.6 Å². The SMILES string of the molecule is Cc1ncccc1C(=O)c1cccc(N2CCCC(c3ccc(Cl)cc3)C2)n1. The number of pyridine rings is 2. The molecule has 0 radical (unpaired) electrons. The third-order valence-electron chi connectivity index (χ3n) is 5.31. The summed E-state index contributed by atoms with van der Waals surface area (Å²) >= 11 is 6.03. The minimum atomic E-state index is -0.0845. The number of halogens is 1. The molecule has 3 aromatic rings. The number of aryl methyl sites for hydroxylation is 1. The van der Waals surface area contributed by atoms with Crippen LogP contribution in [0.15, 0.2) is 60.8 Å².